The van der Waals surface area contributed by atoms with Crippen molar-refractivity contribution in [1.29, 1.82) is 0 Å². The summed E-state index contributed by atoms with van der Waals surface area (Å²) in [5.41, 5.74) is -0.0340. The Morgan fingerprint density at radius 1 is 1.22 bits per heavy atom. The van der Waals surface area contributed by atoms with Crippen LogP contribution in [0.25, 0.3) is 0 Å². The standard InChI is InChI=1S/C9H4Cl2N4O2S/c10-7-8(12-9(11)14-13-7)18-6-4-2-1-3-5(6)15(16)17/h1-4H. The van der Waals surface area contributed by atoms with Gasteiger partial charge in [-0.05, 0) is 17.7 Å². The molecule has 0 aliphatic carbocycles. The lowest BCUT2D eigenvalue weighted by Gasteiger charge is -2.02. The van der Waals surface area contributed by atoms with Crippen LogP contribution in [0.5, 0.6) is 0 Å². The van der Waals surface area contributed by atoms with Gasteiger partial charge in [-0.2, -0.15) is 0 Å². The van der Waals surface area contributed by atoms with Gasteiger partial charge in [-0.3, -0.25) is 10.1 Å². The molecule has 2 rings (SSSR count). The minimum atomic E-state index is -0.480. The molecule has 6 nitrogen and oxygen atoms in total. The number of para-hydroxylation sites is 1. The van der Waals surface area contributed by atoms with Gasteiger partial charge in [0.25, 0.3) is 5.69 Å². The molecule has 0 spiro atoms. The van der Waals surface area contributed by atoms with Gasteiger partial charge in [-0.25, -0.2) is 4.98 Å². The molecule has 0 radical (unpaired) electrons. The Labute approximate surface area is 115 Å². The molecule has 0 bridgehead atoms. The SMILES string of the molecule is O=[N+]([O-])c1ccccc1Sc1nc(Cl)nnc1Cl. The second kappa shape index (κ2) is 5.47. The average Bonchev–Trinajstić information content (AvgIpc) is 2.34. The summed E-state index contributed by atoms with van der Waals surface area (Å²) in [6, 6.07) is 6.25. The van der Waals surface area contributed by atoms with Crippen LogP contribution in [0.1, 0.15) is 0 Å². The van der Waals surface area contributed by atoms with Gasteiger partial charge in [-0.15, -0.1) is 10.2 Å². The lowest BCUT2D eigenvalue weighted by molar-refractivity contribution is -0.387. The van der Waals surface area contributed by atoms with Crippen LogP contribution in [0.2, 0.25) is 10.4 Å². The van der Waals surface area contributed by atoms with Gasteiger partial charge in [0.2, 0.25) is 5.28 Å². The van der Waals surface area contributed by atoms with E-state index in [-0.39, 0.29) is 21.2 Å². The molecule has 1 aromatic carbocycles. The van der Waals surface area contributed by atoms with Crippen LogP contribution in [0.3, 0.4) is 0 Å². The van der Waals surface area contributed by atoms with Gasteiger partial charge in [0.05, 0.1) is 9.82 Å². The number of aromatic nitrogens is 3. The van der Waals surface area contributed by atoms with E-state index in [1.165, 1.54) is 6.07 Å². The van der Waals surface area contributed by atoms with Crippen molar-refractivity contribution in [3.63, 3.8) is 0 Å². The first-order chi connectivity index (χ1) is 8.58. The topological polar surface area (TPSA) is 81.8 Å². The first-order valence-corrected chi connectivity index (χ1v) is 6.12. The van der Waals surface area contributed by atoms with Crippen LogP contribution >= 0.6 is 35.0 Å². The highest BCUT2D eigenvalue weighted by Gasteiger charge is 2.16. The van der Waals surface area contributed by atoms with E-state index >= 15 is 0 Å². The van der Waals surface area contributed by atoms with Crippen molar-refractivity contribution in [3.8, 4) is 0 Å². The zero-order valence-electron chi connectivity index (χ0n) is 8.58. The molecule has 0 aliphatic rings. The molecule has 0 atom stereocenters. The normalized spacial score (nSPS) is 10.3. The lowest BCUT2D eigenvalue weighted by atomic mass is 10.3. The Bertz CT molecular complexity index is 611. The maximum atomic E-state index is 10.8. The number of benzene rings is 1. The van der Waals surface area contributed by atoms with E-state index in [4.69, 9.17) is 23.2 Å². The van der Waals surface area contributed by atoms with E-state index in [1.807, 2.05) is 0 Å². The number of halogens is 2. The van der Waals surface area contributed by atoms with Crippen LogP contribution in [0.4, 0.5) is 5.69 Å². The van der Waals surface area contributed by atoms with Crippen LogP contribution in [0.15, 0.2) is 34.2 Å². The van der Waals surface area contributed by atoms with Crippen LogP contribution in [-0.2, 0) is 0 Å². The molecule has 18 heavy (non-hydrogen) atoms. The third-order valence-electron chi connectivity index (χ3n) is 1.86. The van der Waals surface area contributed by atoms with Crippen LogP contribution < -0.4 is 0 Å². The Morgan fingerprint density at radius 2 is 1.94 bits per heavy atom. The van der Waals surface area contributed by atoms with E-state index in [9.17, 15) is 10.1 Å². The predicted molar refractivity (Wildman–Crippen MR) is 67.1 cm³/mol. The summed E-state index contributed by atoms with van der Waals surface area (Å²) in [6.45, 7) is 0. The number of nitro groups is 1. The van der Waals surface area contributed by atoms with Crippen molar-refractivity contribution >= 4 is 40.7 Å². The summed E-state index contributed by atoms with van der Waals surface area (Å²) in [5, 5.41) is 18.1. The largest absolute Gasteiger partial charge is 0.283 e. The molecule has 0 saturated carbocycles. The fourth-order valence-corrected chi connectivity index (χ4v) is 2.37. The van der Waals surface area contributed by atoms with Crippen molar-refractivity contribution in [1.82, 2.24) is 15.2 Å². The lowest BCUT2D eigenvalue weighted by Crippen LogP contribution is -1.94. The van der Waals surface area contributed by atoms with E-state index < -0.39 is 4.92 Å². The van der Waals surface area contributed by atoms with Crippen molar-refractivity contribution < 1.29 is 4.92 Å². The predicted octanol–water partition coefficient (Wildman–Crippen LogP) is 3.24. The van der Waals surface area contributed by atoms with Crippen molar-refractivity contribution in [2.45, 2.75) is 9.92 Å². The second-order valence-electron chi connectivity index (χ2n) is 3.00. The summed E-state index contributed by atoms with van der Waals surface area (Å²) >= 11 is 12.4. The Balaban J connectivity index is 2.40. The Hall–Kier alpha value is -1.44. The second-order valence-corrected chi connectivity index (χ2v) is 4.73. The molecule has 92 valence electrons. The van der Waals surface area contributed by atoms with Gasteiger partial charge in [-0.1, -0.05) is 35.5 Å². The molecule has 0 N–H and O–H groups in total. The number of rotatable bonds is 3. The summed E-state index contributed by atoms with van der Waals surface area (Å²) in [5.74, 6) is 0. The molecule has 9 heteroatoms. The van der Waals surface area contributed by atoms with E-state index in [2.05, 4.69) is 15.2 Å². The summed E-state index contributed by atoms with van der Waals surface area (Å²) < 4.78 is 0. The molecular formula is C9H4Cl2N4O2S. The third kappa shape index (κ3) is 2.87. The summed E-state index contributed by atoms with van der Waals surface area (Å²) in [7, 11) is 0. The van der Waals surface area contributed by atoms with E-state index in [1.54, 1.807) is 18.2 Å². The highest BCUT2D eigenvalue weighted by atomic mass is 35.5. The van der Waals surface area contributed by atoms with Crippen molar-refractivity contribution in [3.05, 3.63) is 44.8 Å². The first-order valence-electron chi connectivity index (χ1n) is 4.55. The Kier molecular flexibility index (Phi) is 3.95. The third-order valence-corrected chi connectivity index (χ3v) is 3.43. The molecule has 0 fully saturated rings. The molecule has 1 aromatic heterocycles. The number of nitrogens with zero attached hydrogens (tertiary/aromatic N) is 4. The van der Waals surface area contributed by atoms with Gasteiger partial charge < -0.3 is 0 Å². The maximum Gasteiger partial charge on any atom is 0.283 e. The molecule has 1 heterocycles. The molecule has 0 saturated heterocycles. The van der Waals surface area contributed by atoms with Gasteiger partial charge in [0.15, 0.2) is 5.15 Å². The van der Waals surface area contributed by atoms with Crippen LogP contribution in [0, 0.1) is 10.1 Å². The minimum Gasteiger partial charge on any atom is -0.258 e. The molecule has 0 aliphatic heterocycles. The molecule has 2 aromatic rings. The minimum absolute atomic E-state index is 0.0340. The quantitative estimate of drug-likeness (QED) is 0.639. The highest BCUT2D eigenvalue weighted by molar-refractivity contribution is 7.99. The van der Waals surface area contributed by atoms with Gasteiger partial charge in [0, 0.05) is 6.07 Å². The number of nitro benzene ring substituents is 1. The zero-order valence-corrected chi connectivity index (χ0v) is 10.9. The first kappa shape index (κ1) is 13.0. The smallest absolute Gasteiger partial charge is 0.258 e. The maximum absolute atomic E-state index is 10.8. The van der Waals surface area contributed by atoms with E-state index in [0.717, 1.165) is 11.8 Å². The summed E-state index contributed by atoms with van der Waals surface area (Å²) in [6.07, 6.45) is 0. The Morgan fingerprint density at radius 3 is 2.67 bits per heavy atom. The molecule has 0 unspecified atom stereocenters. The molecular weight excluding hydrogens is 299 g/mol. The number of hydrogen-bond acceptors (Lipinski definition) is 6. The fraction of sp³-hybridized carbons (Fsp3) is 0. The monoisotopic (exact) mass is 302 g/mol. The molecule has 0 amide bonds. The van der Waals surface area contributed by atoms with E-state index in [0.29, 0.717) is 4.90 Å². The van der Waals surface area contributed by atoms with Crippen molar-refractivity contribution in [2.75, 3.05) is 0 Å². The number of hydrogen-bond donors (Lipinski definition) is 0. The fourth-order valence-electron chi connectivity index (χ4n) is 1.14. The summed E-state index contributed by atoms with van der Waals surface area (Å²) in [4.78, 5) is 14.6. The highest BCUT2D eigenvalue weighted by Crippen LogP contribution is 2.36. The zero-order chi connectivity index (χ0) is 13.1. The van der Waals surface area contributed by atoms with Gasteiger partial charge >= 0.3 is 0 Å². The van der Waals surface area contributed by atoms with Crippen LogP contribution in [-0.4, -0.2) is 20.1 Å². The van der Waals surface area contributed by atoms with Crippen molar-refractivity contribution in [2.24, 2.45) is 0 Å². The van der Waals surface area contributed by atoms with Gasteiger partial charge in [0.1, 0.15) is 5.03 Å². The average molecular weight is 303 g/mol.